The molecule has 0 spiro atoms. The third-order valence-corrected chi connectivity index (χ3v) is 6.43. The number of aromatic nitrogens is 3. The van der Waals surface area contributed by atoms with Gasteiger partial charge >= 0.3 is 0 Å². The van der Waals surface area contributed by atoms with E-state index in [0.717, 1.165) is 44.7 Å². The second kappa shape index (κ2) is 7.65. The second-order valence-electron chi connectivity index (χ2n) is 7.60. The van der Waals surface area contributed by atoms with E-state index in [2.05, 4.69) is 22.2 Å². The summed E-state index contributed by atoms with van der Waals surface area (Å²) in [6, 6.07) is 7.95. The monoisotopic (exact) mass is 420 g/mol. The van der Waals surface area contributed by atoms with Gasteiger partial charge in [-0.25, -0.2) is 9.97 Å². The molecule has 3 aromatic heterocycles. The first-order chi connectivity index (χ1) is 14.3. The minimum Gasteiger partial charge on any atom is -0.324 e. The van der Waals surface area contributed by atoms with Gasteiger partial charge in [-0.15, -0.1) is 11.3 Å². The summed E-state index contributed by atoms with van der Waals surface area (Å²) in [5.41, 5.74) is 5.33. The normalized spacial score (nSPS) is 11.4. The van der Waals surface area contributed by atoms with E-state index in [1.165, 1.54) is 15.9 Å². The van der Waals surface area contributed by atoms with Crippen LogP contribution in [0.4, 0.5) is 5.69 Å². The Morgan fingerprint density at radius 1 is 1.13 bits per heavy atom. The van der Waals surface area contributed by atoms with Crippen molar-refractivity contribution in [2.45, 2.75) is 47.6 Å². The molecule has 0 atom stereocenters. The zero-order valence-corrected chi connectivity index (χ0v) is 18.6. The van der Waals surface area contributed by atoms with Crippen molar-refractivity contribution < 1.29 is 4.79 Å². The predicted molar refractivity (Wildman–Crippen MR) is 123 cm³/mol. The number of anilines is 1. The molecule has 0 aliphatic heterocycles. The fourth-order valence-corrected chi connectivity index (χ4v) is 5.06. The van der Waals surface area contributed by atoms with Crippen molar-refractivity contribution in [1.29, 1.82) is 0 Å². The molecule has 0 aliphatic rings. The molecule has 6 nitrogen and oxygen atoms in total. The molecule has 0 aliphatic carbocycles. The summed E-state index contributed by atoms with van der Waals surface area (Å²) in [5.74, 6) is 0.277. The van der Waals surface area contributed by atoms with Crippen molar-refractivity contribution in [3.8, 4) is 0 Å². The molecule has 4 aromatic rings. The molecule has 1 amide bonds. The van der Waals surface area contributed by atoms with E-state index in [1.54, 1.807) is 6.92 Å². The van der Waals surface area contributed by atoms with Crippen LogP contribution >= 0.6 is 11.3 Å². The van der Waals surface area contributed by atoms with Crippen LogP contribution in [0.5, 0.6) is 0 Å². The van der Waals surface area contributed by atoms with Crippen LogP contribution in [0.15, 0.2) is 29.1 Å². The highest BCUT2D eigenvalue weighted by Gasteiger charge is 2.18. The SMILES string of the molecule is CCc1cccc(C)c1NC(=O)Cn1c(C)nc2c(sc3nc(C)cc(C)c32)c1=O. The fourth-order valence-electron chi connectivity index (χ4n) is 3.88. The molecule has 30 heavy (non-hydrogen) atoms. The number of nitrogens with one attached hydrogen (secondary N) is 1. The Hall–Kier alpha value is -3.06. The Morgan fingerprint density at radius 3 is 2.63 bits per heavy atom. The van der Waals surface area contributed by atoms with E-state index >= 15 is 0 Å². The quantitative estimate of drug-likeness (QED) is 0.529. The van der Waals surface area contributed by atoms with Crippen LogP contribution in [0.2, 0.25) is 0 Å². The van der Waals surface area contributed by atoms with Crippen molar-refractivity contribution in [1.82, 2.24) is 14.5 Å². The number of aryl methyl sites for hydroxylation is 5. The molecule has 0 bridgehead atoms. The highest BCUT2D eigenvalue weighted by atomic mass is 32.1. The first-order valence-corrected chi connectivity index (χ1v) is 10.8. The largest absolute Gasteiger partial charge is 0.324 e. The Kier molecular flexibility index (Phi) is 5.15. The number of fused-ring (bicyclic) bond motifs is 3. The van der Waals surface area contributed by atoms with Gasteiger partial charge in [0.25, 0.3) is 5.56 Å². The molecule has 154 valence electrons. The van der Waals surface area contributed by atoms with Gasteiger partial charge in [0.2, 0.25) is 5.91 Å². The summed E-state index contributed by atoms with van der Waals surface area (Å²) in [4.78, 5) is 36.1. The number of carbonyl (C=O) groups is 1. The van der Waals surface area contributed by atoms with Gasteiger partial charge in [0, 0.05) is 16.8 Å². The van der Waals surface area contributed by atoms with Crippen LogP contribution in [0.3, 0.4) is 0 Å². The van der Waals surface area contributed by atoms with Crippen molar-refractivity contribution in [2.75, 3.05) is 5.32 Å². The molecule has 0 radical (unpaired) electrons. The van der Waals surface area contributed by atoms with Gasteiger partial charge in [0.1, 0.15) is 21.9 Å². The van der Waals surface area contributed by atoms with Gasteiger partial charge in [-0.1, -0.05) is 25.1 Å². The van der Waals surface area contributed by atoms with Crippen LogP contribution in [0.25, 0.3) is 20.4 Å². The van der Waals surface area contributed by atoms with E-state index in [9.17, 15) is 9.59 Å². The summed E-state index contributed by atoms with van der Waals surface area (Å²) in [5, 5.41) is 3.91. The summed E-state index contributed by atoms with van der Waals surface area (Å²) < 4.78 is 1.98. The lowest BCUT2D eigenvalue weighted by atomic mass is 10.1. The van der Waals surface area contributed by atoms with Crippen LogP contribution in [0.1, 0.15) is 35.1 Å². The van der Waals surface area contributed by atoms with Crippen molar-refractivity contribution in [3.05, 3.63) is 62.8 Å². The van der Waals surface area contributed by atoms with E-state index in [1.807, 2.05) is 45.0 Å². The summed E-state index contributed by atoms with van der Waals surface area (Å²) in [6.07, 6.45) is 0.817. The maximum atomic E-state index is 13.2. The number of hydrogen-bond acceptors (Lipinski definition) is 5. The molecule has 0 saturated heterocycles. The summed E-state index contributed by atoms with van der Waals surface area (Å²) in [6.45, 7) is 9.65. The number of hydrogen-bond donors (Lipinski definition) is 1. The lowest BCUT2D eigenvalue weighted by molar-refractivity contribution is -0.116. The highest BCUT2D eigenvalue weighted by molar-refractivity contribution is 7.25. The number of carbonyl (C=O) groups excluding carboxylic acids is 1. The van der Waals surface area contributed by atoms with E-state index in [0.29, 0.717) is 16.0 Å². The summed E-state index contributed by atoms with van der Waals surface area (Å²) >= 11 is 1.34. The average Bonchev–Trinajstić information content (AvgIpc) is 3.05. The molecule has 7 heteroatoms. The first kappa shape index (κ1) is 20.2. The second-order valence-corrected chi connectivity index (χ2v) is 8.60. The molecular formula is C23H24N4O2S. The molecule has 4 rings (SSSR count). The summed E-state index contributed by atoms with van der Waals surface area (Å²) in [7, 11) is 0. The molecule has 0 saturated carbocycles. The van der Waals surface area contributed by atoms with E-state index in [4.69, 9.17) is 0 Å². The zero-order valence-electron chi connectivity index (χ0n) is 17.8. The predicted octanol–water partition coefficient (Wildman–Crippen LogP) is 4.44. The lowest BCUT2D eigenvalue weighted by Crippen LogP contribution is -2.30. The minimum absolute atomic E-state index is 0.0786. The van der Waals surface area contributed by atoms with Gasteiger partial charge < -0.3 is 5.32 Å². The highest BCUT2D eigenvalue weighted by Crippen LogP contribution is 2.32. The lowest BCUT2D eigenvalue weighted by Gasteiger charge is -2.14. The molecule has 1 N–H and O–H groups in total. The molecule has 3 heterocycles. The number of pyridine rings is 1. The third kappa shape index (κ3) is 3.39. The standard InChI is InChI=1S/C23H24N4O2S/c1-6-16-9-7-8-12(2)19(16)26-17(28)11-27-15(5)25-20-18-13(3)10-14(4)24-22(18)30-21(20)23(27)29/h7-10H,6,11H2,1-5H3,(H,26,28). The van der Waals surface area contributed by atoms with Gasteiger partial charge in [0.15, 0.2) is 0 Å². The topological polar surface area (TPSA) is 76.9 Å². The van der Waals surface area contributed by atoms with Crippen molar-refractivity contribution in [2.24, 2.45) is 0 Å². The zero-order chi connectivity index (χ0) is 21.6. The Morgan fingerprint density at radius 2 is 1.90 bits per heavy atom. The van der Waals surface area contributed by atoms with Crippen LogP contribution in [0, 0.1) is 27.7 Å². The number of rotatable bonds is 4. The number of thiophene rings is 1. The maximum Gasteiger partial charge on any atom is 0.272 e. The maximum absolute atomic E-state index is 13.2. The van der Waals surface area contributed by atoms with Gasteiger partial charge in [0.05, 0.1) is 5.52 Å². The van der Waals surface area contributed by atoms with Gasteiger partial charge in [-0.3, -0.25) is 14.2 Å². The van der Waals surface area contributed by atoms with Gasteiger partial charge in [-0.2, -0.15) is 0 Å². The van der Waals surface area contributed by atoms with Crippen LogP contribution in [-0.4, -0.2) is 20.4 Å². The smallest absolute Gasteiger partial charge is 0.272 e. The number of para-hydroxylation sites is 1. The Balaban J connectivity index is 1.75. The number of benzene rings is 1. The Labute approximate surface area is 178 Å². The third-order valence-electron chi connectivity index (χ3n) is 5.37. The fraction of sp³-hybridized carbons (Fsp3) is 0.304. The Bertz CT molecular complexity index is 1370. The van der Waals surface area contributed by atoms with E-state index in [-0.39, 0.29) is 18.0 Å². The van der Waals surface area contributed by atoms with Gasteiger partial charge in [-0.05, 0) is 56.9 Å². The average molecular weight is 421 g/mol. The minimum atomic E-state index is -0.239. The molecule has 0 fully saturated rings. The number of amides is 1. The van der Waals surface area contributed by atoms with Crippen molar-refractivity contribution in [3.63, 3.8) is 0 Å². The van der Waals surface area contributed by atoms with Crippen molar-refractivity contribution >= 4 is 43.4 Å². The number of nitrogens with zero attached hydrogens (tertiary/aromatic N) is 3. The van der Waals surface area contributed by atoms with Crippen LogP contribution in [-0.2, 0) is 17.8 Å². The molecule has 0 unspecified atom stereocenters. The molecule has 1 aromatic carbocycles. The first-order valence-electron chi connectivity index (χ1n) is 9.96. The molecular weight excluding hydrogens is 396 g/mol. The van der Waals surface area contributed by atoms with Crippen LogP contribution < -0.4 is 10.9 Å². The van der Waals surface area contributed by atoms with E-state index < -0.39 is 0 Å².